The van der Waals surface area contributed by atoms with Crippen molar-refractivity contribution in [1.82, 2.24) is 0 Å². The smallest absolute Gasteiger partial charge is 0.303 e. The quantitative estimate of drug-likeness (QED) is 0.696. The Labute approximate surface area is 92.5 Å². The molecule has 0 aliphatic heterocycles. The summed E-state index contributed by atoms with van der Waals surface area (Å²) >= 11 is 0. The lowest BCUT2D eigenvalue weighted by molar-refractivity contribution is -0.138. The van der Waals surface area contributed by atoms with Crippen LogP contribution in [0, 0.1) is 11.8 Å². The lowest BCUT2D eigenvalue weighted by Gasteiger charge is -2.18. The van der Waals surface area contributed by atoms with Gasteiger partial charge in [-0.2, -0.15) is 0 Å². The molecule has 0 saturated heterocycles. The van der Waals surface area contributed by atoms with Gasteiger partial charge in [-0.3, -0.25) is 4.79 Å². The molecule has 0 aliphatic rings. The van der Waals surface area contributed by atoms with Gasteiger partial charge >= 0.3 is 5.97 Å². The van der Waals surface area contributed by atoms with E-state index in [4.69, 9.17) is 10.8 Å². The third kappa shape index (κ3) is 7.15. The van der Waals surface area contributed by atoms with Gasteiger partial charge in [0.25, 0.3) is 0 Å². The Morgan fingerprint density at radius 2 is 1.79 bits per heavy atom. The molecule has 3 N–H and O–H groups in total. The van der Waals surface area contributed by atoms with Crippen LogP contribution in [0.5, 0.6) is 0 Å². The van der Waals surface area contributed by atoms with Crippen LogP contribution in [0.25, 0.3) is 0 Å². The number of nitrogens with two attached hydrogens (primary N) is 1. The van der Waals surface area contributed by atoms with Crippen molar-refractivity contribution in [3.8, 4) is 0 Å². The monoisotopic (exact) mass is 223 g/mol. The van der Waals surface area contributed by atoms with E-state index in [2.05, 4.69) is 13.8 Å². The van der Waals surface area contributed by atoms with Crippen LogP contribution in [0.2, 0.25) is 0 Å². The summed E-state index contributed by atoms with van der Waals surface area (Å²) in [5.41, 5.74) is 5.52. The SMILES string of the molecule is CCC(CC)CC(CN)CC(=O)O.Cl. The number of aliphatic carboxylic acids is 1. The van der Waals surface area contributed by atoms with Gasteiger partial charge in [-0.25, -0.2) is 0 Å². The molecule has 0 radical (unpaired) electrons. The minimum Gasteiger partial charge on any atom is -0.481 e. The van der Waals surface area contributed by atoms with Crippen molar-refractivity contribution < 1.29 is 9.90 Å². The summed E-state index contributed by atoms with van der Waals surface area (Å²) in [6.07, 6.45) is 3.40. The summed E-state index contributed by atoms with van der Waals surface area (Å²) in [4.78, 5) is 10.5. The van der Waals surface area contributed by atoms with E-state index in [1.165, 1.54) is 0 Å². The van der Waals surface area contributed by atoms with Gasteiger partial charge in [0, 0.05) is 6.42 Å². The van der Waals surface area contributed by atoms with Gasteiger partial charge in [0.2, 0.25) is 0 Å². The van der Waals surface area contributed by atoms with Gasteiger partial charge in [0.05, 0.1) is 0 Å². The zero-order valence-corrected chi connectivity index (χ0v) is 9.85. The van der Waals surface area contributed by atoms with Crippen LogP contribution in [-0.2, 0) is 4.79 Å². The Morgan fingerprint density at radius 1 is 1.29 bits per heavy atom. The number of halogens is 1. The fourth-order valence-electron chi connectivity index (χ4n) is 1.60. The van der Waals surface area contributed by atoms with Crippen molar-refractivity contribution in [1.29, 1.82) is 0 Å². The molecule has 86 valence electrons. The Balaban J connectivity index is 0. The van der Waals surface area contributed by atoms with Gasteiger partial charge < -0.3 is 10.8 Å². The Morgan fingerprint density at radius 3 is 2.07 bits per heavy atom. The Hall–Kier alpha value is -0.280. The Bertz CT molecular complexity index is 149. The first kappa shape index (κ1) is 16.2. The van der Waals surface area contributed by atoms with Crippen molar-refractivity contribution >= 4 is 18.4 Å². The van der Waals surface area contributed by atoms with Crippen LogP contribution >= 0.6 is 12.4 Å². The standard InChI is InChI=1S/C10H21NO2.ClH/c1-3-8(4-2)5-9(7-11)6-10(12)13;/h8-9H,3-7,11H2,1-2H3,(H,12,13);1H. The molecule has 0 saturated carbocycles. The predicted molar refractivity (Wildman–Crippen MR) is 60.7 cm³/mol. The zero-order chi connectivity index (χ0) is 10.3. The number of carboxylic acid groups (broad SMARTS) is 1. The van der Waals surface area contributed by atoms with Crippen molar-refractivity contribution in [3.05, 3.63) is 0 Å². The average molecular weight is 224 g/mol. The van der Waals surface area contributed by atoms with Crippen LogP contribution in [0.15, 0.2) is 0 Å². The molecule has 0 fully saturated rings. The molecule has 0 aliphatic carbocycles. The number of hydrogen-bond acceptors (Lipinski definition) is 2. The Kier molecular flexibility index (Phi) is 10.7. The molecule has 0 heterocycles. The molecule has 0 amide bonds. The van der Waals surface area contributed by atoms with E-state index in [1.54, 1.807) is 0 Å². The number of carbonyl (C=O) groups is 1. The highest BCUT2D eigenvalue weighted by atomic mass is 35.5. The van der Waals surface area contributed by atoms with Crippen molar-refractivity contribution in [3.63, 3.8) is 0 Å². The fourth-order valence-corrected chi connectivity index (χ4v) is 1.60. The van der Waals surface area contributed by atoms with Crippen molar-refractivity contribution in [2.45, 2.75) is 39.5 Å². The maximum Gasteiger partial charge on any atom is 0.303 e. The minimum absolute atomic E-state index is 0. The normalized spacial score (nSPS) is 12.3. The molecule has 0 aromatic heterocycles. The maximum atomic E-state index is 10.5. The molecule has 0 rings (SSSR count). The number of hydrogen-bond donors (Lipinski definition) is 2. The van der Waals surface area contributed by atoms with Crippen LogP contribution in [0.3, 0.4) is 0 Å². The predicted octanol–water partition coefficient (Wildman–Crippen LogP) is 2.28. The minimum atomic E-state index is -0.735. The molecule has 1 atom stereocenters. The summed E-state index contributed by atoms with van der Waals surface area (Å²) in [5.74, 6) is 0.0525. The van der Waals surface area contributed by atoms with E-state index in [0.717, 1.165) is 19.3 Å². The topological polar surface area (TPSA) is 63.3 Å². The lowest BCUT2D eigenvalue weighted by atomic mass is 9.89. The van der Waals surface area contributed by atoms with Crippen LogP contribution in [0.4, 0.5) is 0 Å². The molecule has 0 aromatic carbocycles. The third-order valence-corrected chi connectivity index (χ3v) is 2.62. The zero-order valence-electron chi connectivity index (χ0n) is 9.03. The average Bonchev–Trinajstić information content (AvgIpc) is 2.11. The first-order chi connectivity index (χ1) is 6.13. The van der Waals surface area contributed by atoms with Gasteiger partial charge in [0.1, 0.15) is 0 Å². The molecule has 0 aromatic rings. The van der Waals surface area contributed by atoms with Crippen molar-refractivity contribution in [2.24, 2.45) is 17.6 Å². The van der Waals surface area contributed by atoms with E-state index in [0.29, 0.717) is 12.5 Å². The maximum absolute atomic E-state index is 10.5. The summed E-state index contributed by atoms with van der Waals surface area (Å²) in [6, 6.07) is 0. The van der Waals surface area contributed by atoms with E-state index in [9.17, 15) is 4.79 Å². The molecule has 14 heavy (non-hydrogen) atoms. The highest BCUT2D eigenvalue weighted by molar-refractivity contribution is 5.85. The second-order valence-electron chi connectivity index (χ2n) is 3.62. The van der Waals surface area contributed by atoms with E-state index in [-0.39, 0.29) is 24.7 Å². The van der Waals surface area contributed by atoms with Crippen molar-refractivity contribution in [2.75, 3.05) is 6.54 Å². The molecular formula is C10H22ClNO2. The van der Waals surface area contributed by atoms with Gasteiger partial charge in [-0.15, -0.1) is 12.4 Å². The van der Waals surface area contributed by atoms with Crippen LogP contribution < -0.4 is 5.73 Å². The van der Waals surface area contributed by atoms with E-state index < -0.39 is 5.97 Å². The molecule has 1 unspecified atom stereocenters. The summed E-state index contributed by atoms with van der Waals surface area (Å²) in [5, 5.41) is 8.62. The molecular weight excluding hydrogens is 202 g/mol. The van der Waals surface area contributed by atoms with E-state index >= 15 is 0 Å². The summed E-state index contributed by atoms with van der Waals surface area (Å²) < 4.78 is 0. The van der Waals surface area contributed by atoms with Gasteiger partial charge in [-0.05, 0) is 24.8 Å². The lowest BCUT2D eigenvalue weighted by Crippen LogP contribution is -2.20. The van der Waals surface area contributed by atoms with Gasteiger partial charge in [0.15, 0.2) is 0 Å². The largest absolute Gasteiger partial charge is 0.481 e. The molecule has 0 bridgehead atoms. The molecule has 3 nitrogen and oxygen atoms in total. The number of rotatable bonds is 7. The molecule has 0 spiro atoms. The van der Waals surface area contributed by atoms with Crippen LogP contribution in [-0.4, -0.2) is 17.6 Å². The summed E-state index contributed by atoms with van der Waals surface area (Å²) in [6.45, 7) is 4.77. The summed E-state index contributed by atoms with van der Waals surface area (Å²) in [7, 11) is 0. The van der Waals surface area contributed by atoms with Crippen LogP contribution in [0.1, 0.15) is 39.5 Å². The highest BCUT2D eigenvalue weighted by Gasteiger charge is 2.15. The first-order valence-corrected chi connectivity index (χ1v) is 5.05. The highest BCUT2D eigenvalue weighted by Crippen LogP contribution is 2.20. The first-order valence-electron chi connectivity index (χ1n) is 5.05. The van der Waals surface area contributed by atoms with E-state index in [1.807, 2.05) is 0 Å². The second kappa shape index (κ2) is 9.28. The second-order valence-corrected chi connectivity index (χ2v) is 3.62. The number of carboxylic acids is 1. The molecule has 4 heteroatoms. The third-order valence-electron chi connectivity index (χ3n) is 2.62. The van der Waals surface area contributed by atoms with Gasteiger partial charge in [-0.1, -0.05) is 26.7 Å². The fraction of sp³-hybridized carbons (Fsp3) is 0.900.